The Morgan fingerprint density at radius 3 is 2.80 bits per heavy atom. The van der Waals surface area contributed by atoms with Gasteiger partial charge in [-0.15, -0.1) is 0 Å². The van der Waals surface area contributed by atoms with Crippen molar-refractivity contribution in [2.24, 2.45) is 0 Å². The van der Waals surface area contributed by atoms with Crippen LogP contribution in [0.5, 0.6) is 5.75 Å². The third kappa shape index (κ3) is 3.02. The Morgan fingerprint density at radius 1 is 1.50 bits per heavy atom. The highest BCUT2D eigenvalue weighted by Gasteiger charge is 2.31. The molecule has 1 fully saturated rings. The molecule has 0 radical (unpaired) electrons. The number of likely N-dealkylation sites (N-methyl/N-ethyl adjacent to an activating group) is 1. The summed E-state index contributed by atoms with van der Waals surface area (Å²) in [4.78, 5) is 0. The molecule has 4 heteroatoms. The Kier molecular flexibility index (Phi) is 5.47. The van der Waals surface area contributed by atoms with Crippen molar-refractivity contribution in [1.82, 2.24) is 5.32 Å². The van der Waals surface area contributed by atoms with Gasteiger partial charge in [0.1, 0.15) is 5.75 Å². The molecule has 0 aliphatic carbocycles. The quantitative estimate of drug-likeness (QED) is 0.880. The molecule has 2 atom stereocenters. The van der Waals surface area contributed by atoms with E-state index < -0.39 is 0 Å². The molecule has 1 aromatic carbocycles. The lowest BCUT2D eigenvalue weighted by Gasteiger charge is -2.28. The number of rotatable bonds is 5. The number of aryl methyl sites for hydroxylation is 1. The first-order chi connectivity index (χ1) is 9.60. The fraction of sp³-hybridized carbons (Fsp3) is 0.625. The summed E-state index contributed by atoms with van der Waals surface area (Å²) in [6.45, 7) is 8.14. The van der Waals surface area contributed by atoms with E-state index in [0.717, 1.165) is 41.8 Å². The van der Waals surface area contributed by atoms with Gasteiger partial charge in [-0.05, 0) is 50.4 Å². The van der Waals surface area contributed by atoms with Crippen molar-refractivity contribution in [3.8, 4) is 5.75 Å². The minimum atomic E-state index is 0.189. The zero-order chi connectivity index (χ0) is 14.7. The van der Waals surface area contributed by atoms with E-state index in [0.29, 0.717) is 0 Å². The molecular weight excluding hydrogens is 318 g/mol. The summed E-state index contributed by atoms with van der Waals surface area (Å²) in [5.41, 5.74) is 3.61. The molecule has 0 aromatic heterocycles. The normalized spacial score (nSPS) is 20.1. The highest BCUT2D eigenvalue weighted by Crippen LogP contribution is 2.39. The van der Waals surface area contributed by atoms with E-state index in [1.807, 2.05) is 0 Å². The van der Waals surface area contributed by atoms with Crippen LogP contribution in [0.25, 0.3) is 0 Å². The zero-order valence-corrected chi connectivity index (χ0v) is 14.3. The molecule has 112 valence electrons. The Hall–Kier alpha value is -0.580. The van der Waals surface area contributed by atoms with Crippen molar-refractivity contribution in [1.29, 1.82) is 0 Å². The maximum absolute atomic E-state index is 5.92. The molecule has 20 heavy (non-hydrogen) atoms. The Labute approximate surface area is 130 Å². The fourth-order valence-corrected chi connectivity index (χ4v) is 3.58. The van der Waals surface area contributed by atoms with Crippen molar-refractivity contribution in [3.05, 3.63) is 27.2 Å². The van der Waals surface area contributed by atoms with Gasteiger partial charge in [0.2, 0.25) is 0 Å². The second-order valence-corrected chi connectivity index (χ2v) is 6.19. The van der Waals surface area contributed by atoms with E-state index in [9.17, 15) is 0 Å². The fourth-order valence-electron chi connectivity index (χ4n) is 3.03. The van der Waals surface area contributed by atoms with Crippen LogP contribution in [0.4, 0.5) is 0 Å². The Bertz CT molecular complexity index is 470. The Morgan fingerprint density at radius 2 is 2.25 bits per heavy atom. The molecule has 1 aliphatic rings. The summed E-state index contributed by atoms with van der Waals surface area (Å²) in [5, 5.41) is 3.58. The van der Waals surface area contributed by atoms with Crippen LogP contribution in [0.3, 0.4) is 0 Å². The lowest BCUT2D eigenvalue weighted by Crippen LogP contribution is -2.32. The maximum Gasteiger partial charge on any atom is 0.126 e. The first kappa shape index (κ1) is 15.8. The third-order valence-electron chi connectivity index (χ3n) is 3.98. The first-order valence-electron chi connectivity index (χ1n) is 7.28. The summed E-state index contributed by atoms with van der Waals surface area (Å²) in [5.74, 6) is 0.979. The number of nitrogens with one attached hydrogen (secondary N) is 1. The van der Waals surface area contributed by atoms with Gasteiger partial charge in [0.05, 0.1) is 19.3 Å². The van der Waals surface area contributed by atoms with Crippen molar-refractivity contribution in [2.45, 2.75) is 45.8 Å². The molecular formula is C16H24BrNO2. The van der Waals surface area contributed by atoms with Crippen LogP contribution in [0.1, 0.15) is 42.5 Å². The molecule has 1 N–H and O–H groups in total. The molecule has 2 unspecified atom stereocenters. The topological polar surface area (TPSA) is 30.5 Å². The molecule has 0 amide bonds. The highest BCUT2D eigenvalue weighted by molar-refractivity contribution is 9.10. The summed E-state index contributed by atoms with van der Waals surface area (Å²) in [7, 11) is 1.75. The lowest BCUT2D eigenvalue weighted by molar-refractivity contribution is 0.0777. The third-order valence-corrected chi connectivity index (χ3v) is 4.81. The molecule has 2 rings (SSSR count). The van der Waals surface area contributed by atoms with E-state index in [-0.39, 0.29) is 12.1 Å². The van der Waals surface area contributed by atoms with Gasteiger partial charge in [0, 0.05) is 16.6 Å². The molecule has 1 aliphatic heterocycles. The summed E-state index contributed by atoms with van der Waals surface area (Å²) in [6.07, 6.45) is 2.48. The van der Waals surface area contributed by atoms with Gasteiger partial charge in [-0.1, -0.05) is 22.9 Å². The van der Waals surface area contributed by atoms with Crippen molar-refractivity contribution in [3.63, 3.8) is 0 Å². The largest absolute Gasteiger partial charge is 0.496 e. The minimum absolute atomic E-state index is 0.189. The summed E-state index contributed by atoms with van der Waals surface area (Å²) >= 11 is 3.66. The van der Waals surface area contributed by atoms with Crippen molar-refractivity contribution in [2.75, 3.05) is 20.3 Å². The SMILES string of the molecule is CCNC(c1c(C)c(Br)cc(C)c1OC)C1CCCO1. The van der Waals surface area contributed by atoms with Gasteiger partial charge >= 0.3 is 0 Å². The number of benzene rings is 1. The number of hydrogen-bond donors (Lipinski definition) is 1. The first-order valence-corrected chi connectivity index (χ1v) is 8.08. The average molecular weight is 342 g/mol. The highest BCUT2D eigenvalue weighted by atomic mass is 79.9. The van der Waals surface area contributed by atoms with Crippen LogP contribution in [0, 0.1) is 13.8 Å². The molecule has 0 bridgehead atoms. The number of methoxy groups -OCH3 is 1. The smallest absolute Gasteiger partial charge is 0.126 e. The Balaban J connectivity index is 2.50. The minimum Gasteiger partial charge on any atom is -0.496 e. The van der Waals surface area contributed by atoms with Crippen molar-refractivity contribution < 1.29 is 9.47 Å². The van der Waals surface area contributed by atoms with E-state index >= 15 is 0 Å². The van der Waals surface area contributed by atoms with E-state index in [4.69, 9.17) is 9.47 Å². The molecule has 0 spiro atoms. The van der Waals surface area contributed by atoms with Gasteiger partial charge < -0.3 is 14.8 Å². The van der Waals surface area contributed by atoms with Crippen LogP contribution < -0.4 is 10.1 Å². The van der Waals surface area contributed by atoms with E-state index in [1.165, 1.54) is 11.1 Å². The van der Waals surface area contributed by atoms with Gasteiger partial charge in [-0.25, -0.2) is 0 Å². The van der Waals surface area contributed by atoms with Gasteiger partial charge in [0.25, 0.3) is 0 Å². The summed E-state index contributed by atoms with van der Waals surface area (Å²) in [6, 6.07) is 2.31. The number of ether oxygens (including phenoxy) is 2. The molecule has 1 aromatic rings. The second-order valence-electron chi connectivity index (χ2n) is 5.33. The van der Waals surface area contributed by atoms with Gasteiger partial charge in [0.15, 0.2) is 0 Å². The van der Waals surface area contributed by atoms with Crippen LogP contribution in [0.2, 0.25) is 0 Å². The van der Waals surface area contributed by atoms with E-state index in [2.05, 4.69) is 48.1 Å². The van der Waals surface area contributed by atoms with Gasteiger partial charge in [-0.2, -0.15) is 0 Å². The van der Waals surface area contributed by atoms with Gasteiger partial charge in [-0.3, -0.25) is 0 Å². The van der Waals surface area contributed by atoms with E-state index in [1.54, 1.807) is 7.11 Å². The lowest BCUT2D eigenvalue weighted by atomic mass is 9.92. The molecule has 1 saturated heterocycles. The second kappa shape index (κ2) is 6.92. The maximum atomic E-state index is 5.92. The summed E-state index contributed by atoms with van der Waals surface area (Å²) < 4.78 is 12.7. The van der Waals surface area contributed by atoms with Crippen LogP contribution in [-0.4, -0.2) is 26.4 Å². The standard InChI is InChI=1S/C16H24BrNO2/c1-5-18-15(13-7-6-8-20-13)14-11(3)12(17)9-10(2)16(14)19-4/h9,13,15,18H,5-8H2,1-4H3. The monoisotopic (exact) mass is 341 g/mol. The molecule has 0 saturated carbocycles. The van der Waals surface area contributed by atoms with Crippen LogP contribution in [-0.2, 0) is 4.74 Å². The number of halogens is 1. The predicted octanol–water partition coefficient (Wildman–Crippen LogP) is 3.90. The average Bonchev–Trinajstić information content (AvgIpc) is 2.94. The van der Waals surface area contributed by atoms with Crippen LogP contribution in [0.15, 0.2) is 10.5 Å². The van der Waals surface area contributed by atoms with Crippen LogP contribution >= 0.6 is 15.9 Å². The number of hydrogen-bond acceptors (Lipinski definition) is 3. The molecule has 3 nitrogen and oxygen atoms in total. The molecule has 1 heterocycles. The predicted molar refractivity (Wildman–Crippen MR) is 85.6 cm³/mol. The van der Waals surface area contributed by atoms with Crippen molar-refractivity contribution >= 4 is 15.9 Å². The zero-order valence-electron chi connectivity index (χ0n) is 12.8.